The second-order valence-corrected chi connectivity index (χ2v) is 5.19. The Bertz CT molecular complexity index is 640. The number of aryl methyl sites for hydroxylation is 3. The lowest BCUT2D eigenvalue weighted by molar-refractivity contribution is -0.116. The number of fused-ring (bicyclic) bond motifs is 1. The summed E-state index contributed by atoms with van der Waals surface area (Å²) in [6.07, 6.45) is 1.37. The molecule has 3 N–H and O–H groups in total. The van der Waals surface area contributed by atoms with Gasteiger partial charge >= 0.3 is 0 Å². The second-order valence-electron chi connectivity index (χ2n) is 5.19. The Kier molecular flexibility index (Phi) is 3.18. The maximum atomic E-state index is 11.3. The molecular weight excluding hydrogens is 252 g/mol. The van der Waals surface area contributed by atoms with Gasteiger partial charge in [-0.25, -0.2) is 0 Å². The molecular formula is C15H18N4O. The highest BCUT2D eigenvalue weighted by molar-refractivity contribution is 5.94. The van der Waals surface area contributed by atoms with Gasteiger partial charge in [0.2, 0.25) is 5.91 Å². The number of nitrogens with zero attached hydrogens (tertiary/aromatic N) is 1. The van der Waals surface area contributed by atoms with Crippen molar-refractivity contribution in [2.75, 3.05) is 10.6 Å². The minimum atomic E-state index is 0.0999. The van der Waals surface area contributed by atoms with Gasteiger partial charge in [0.25, 0.3) is 0 Å². The molecule has 1 aromatic carbocycles. The third kappa shape index (κ3) is 2.39. The highest BCUT2D eigenvalue weighted by atomic mass is 16.1. The van der Waals surface area contributed by atoms with Crippen molar-refractivity contribution < 1.29 is 4.79 Å². The first-order chi connectivity index (χ1) is 9.63. The van der Waals surface area contributed by atoms with E-state index in [1.165, 1.54) is 11.1 Å². The van der Waals surface area contributed by atoms with Crippen LogP contribution in [0.25, 0.3) is 0 Å². The number of hydrogen-bond acceptors (Lipinski definition) is 3. The molecule has 0 fully saturated rings. The molecule has 0 saturated carbocycles. The molecule has 0 saturated heterocycles. The standard InChI is InChI=1S/C15H18N4O/c1-9-13(10(2)19-18-9)8-16-12-4-5-14-11(7-12)3-6-15(20)17-14/h4-5,7,16H,3,6,8H2,1-2H3,(H,17,20)(H,18,19). The quantitative estimate of drug-likeness (QED) is 0.802. The van der Waals surface area contributed by atoms with Crippen LogP contribution in [-0.2, 0) is 17.8 Å². The Hall–Kier alpha value is -2.30. The molecule has 3 rings (SSSR count). The van der Waals surface area contributed by atoms with E-state index in [2.05, 4.69) is 26.9 Å². The summed E-state index contributed by atoms with van der Waals surface area (Å²) in [4.78, 5) is 11.3. The van der Waals surface area contributed by atoms with Crippen LogP contribution in [0, 0.1) is 13.8 Å². The Morgan fingerprint density at radius 2 is 2.15 bits per heavy atom. The topological polar surface area (TPSA) is 69.8 Å². The van der Waals surface area contributed by atoms with Gasteiger partial charge in [-0.15, -0.1) is 0 Å². The van der Waals surface area contributed by atoms with Crippen LogP contribution in [0.5, 0.6) is 0 Å². The van der Waals surface area contributed by atoms with Gasteiger partial charge in [-0.2, -0.15) is 5.10 Å². The number of aromatic nitrogens is 2. The monoisotopic (exact) mass is 270 g/mol. The third-order valence-electron chi connectivity index (χ3n) is 3.75. The summed E-state index contributed by atoms with van der Waals surface area (Å²) in [5, 5.41) is 13.5. The Balaban J connectivity index is 1.74. The van der Waals surface area contributed by atoms with E-state index in [0.717, 1.165) is 35.7 Å². The Morgan fingerprint density at radius 3 is 2.90 bits per heavy atom. The first-order valence-corrected chi connectivity index (χ1v) is 6.80. The zero-order valence-electron chi connectivity index (χ0n) is 11.7. The van der Waals surface area contributed by atoms with E-state index in [1.807, 2.05) is 26.0 Å². The number of carbonyl (C=O) groups excluding carboxylic acids is 1. The number of H-pyrrole nitrogens is 1. The van der Waals surface area contributed by atoms with Crippen LogP contribution in [0.3, 0.4) is 0 Å². The maximum absolute atomic E-state index is 11.3. The van der Waals surface area contributed by atoms with Gasteiger partial charge in [-0.1, -0.05) is 0 Å². The van der Waals surface area contributed by atoms with E-state index in [4.69, 9.17) is 0 Å². The number of anilines is 2. The van der Waals surface area contributed by atoms with E-state index in [9.17, 15) is 4.79 Å². The molecule has 0 aliphatic carbocycles. The van der Waals surface area contributed by atoms with Crippen molar-refractivity contribution in [2.24, 2.45) is 0 Å². The van der Waals surface area contributed by atoms with Gasteiger partial charge in [-0.3, -0.25) is 9.89 Å². The first-order valence-electron chi connectivity index (χ1n) is 6.80. The van der Waals surface area contributed by atoms with Crippen LogP contribution in [-0.4, -0.2) is 16.1 Å². The van der Waals surface area contributed by atoms with Gasteiger partial charge in [0, 0.05) is 35.6 Å². The molecule has 104 valence electrons. The fourth-order valence-electron chi connectivity index (χ4n) is 2.52. The van der Waals surface area contributed by atoms with Crippen LogP contribution < -0.4 is 10.6 Å². The predicted molar refractivity (Wildman–Crippen MR) is 78.8 cm³/mol. The molecule has 5 nitrogen and oxygen atoms in total. The number of amides is 1. The average molecular weight is 270 g/mol. The molecule has 20 heavy (non-hydrogen) atoms. The number of aromatic amines is 1. The Labute approximate surface area is 117 Å². The molecule has 1 aromatic heterocycles. The molecule has 5 heteroatoms. The summed E-state index contributed by atoms with van der Waals surface area (Å²) in [7, 11) is 0. The lowest BCUT2D eigenvalue weighted by atomic mass is 10.0. The van der Waals surface area contributed by atoms with Crippen molar-refractivity contribution in [1.29, 1.82) is 0 Å². The van der Waals surface area contributed by atoms with E-state index >= 15 is 0 Å². The number of carbonyl (C=O) groups is 1. The van der Waals surface area contributed by atoms with Crippen molar-refractivity contribution >= 4 is 17.3 Å². The SMILES string of the molecule is Cc1n[nH]c(C)c1CNc1ccc2c(c1)CCC(=O)N2. The Morgan fingerprint density at radius 1 is 1.30 bits per heavy atom. The molecule has 0 atom stereocenters. The average Bonchev–Trinajstić information content (AvgIpc) is 2.76. The second kappa shape index (κ2) is 5.00. The number of benzene rings is 1. The first kappa shape index (κ1) is 12.7. The van der Waals surface area contributed by atoms with Gasteiger partial charge in [0.1, 0.15) is 0 Å². The molecule has 1 aliphatic rings. The van der Waals surface area contributed by atoms with E-state index < -0.39 is 0 Å². The van der Waals surface area contributed by atoms with Gasteiger partial charge < -0.3 is 10.6 Å². The minimum absolute atomic E-state index is 0.0999. The van der Waals surface area contributed by atoms with Crippen LogP contribution in [0.1, 0.15) is 28.9 Å². The number of nitrogens with one attached hydrogen (secondary N) is 3. The lowest BCUT2D eigenvalue weighted by Gasteiger charge is -2.18. The largest absolute Gasteiger partial charge is 0.381 e. The van der Waals surface area contributed by atoms with Crippen LogP contribution in [0.2, 0.25) is 0 Å². The molecule has 2 heterocycles. The van der Waals surface area contributed by atoms with Crippen LogP contribution >= 0.6 is 0 Å². The fraction of sp³-hybridized carbons (Fsp3) is 0.333. The molecule has 1 amide bonds. The molecule has 0 radical (unpaired) electrons. The van der Waals surface area contributed by atoms with Gasteiger partial charge in [0.15, 0.2) is 0 Å². The van der Waals surface area contributed by atoms with Crippen molar-refractivity contribution in [2.45, 2.75) is 33.2 Å². The highest BCUT2D eigenvalue weighted by Crippen LogP contribution is 2.26. The summed E-state index contributed by atoms with van der Waals surface area (Å²) in [6.45, 7) is 4.78. The summed E-state index contributed by atoms with van der Waals surface area (Å²) in [6, 6.07) is 6.07. The molecule has 1 aliphatic heterocycles. The molecule has 0 spiro atoms. The minimum Gasteiger partial charge on any atom is -0.381 e. The maximum Gasteiger partial charge on any atom is 0.224 e. The van der Waals surface area contributed by atoms with Gasteiger partial charge in [-0.05, 0) is 44.0 Å². The zero-order chi connectivity index (χ0) is 14.1. The summed E-state index contributed by atoms with van der Waals surface area (Å²) < 4.78 is 0. The molecule has 0 bridgehead atoms. The van der Waals surface area contributed by atoms with E-state index in [1.54, 1.807) is 0 Å². The lowest BCUT2D eigenvalue weighted by Crippen LogP contribution is -2.19. The third-order valence-corrected chi connectivity index (χ3v) is 3.75. The summed E-state index contributed by atoms with van der Waals surface area (Å²) in [5.74, 6) is 0.0999. The van der Waals surface area contributed by atoms with Crippen molar-refractivity contribution in [3.8, 4) is 0 Å². The van der Waals surface area contributed by atoms with Crippen molar-refractivity contribution in [3.63, 3.8) is 0 Å². The molecule has 2 aromatic rings. The molecule has 0 unspecified atom stereocenters. The highest BCUT2D eigenvalue weighted by Gasteiger charge is 2.14. The van der Waals surface area contributed by atoms with Crippen LogP contribution in [0.15, 0.2) is 18.2 Å². The predicted octanol–water partition coefficient (Wildman–Crippen LogP) is 2.52. The van der Waals surface area contributed by atoms with Crippen LogP contribution in [0.4, 0.5) is 11.4 Å². The van der Waals surface area contributed by atoms with Gasteiger partial charge in [0.05, 0.1) is 5.69 Å². The van der Waals surface area contributed by atoms with Crippen molar-refractivity contribution in [1.82, 2.24) is 10.2 Å². The van der Waals surface area contributed by atoms with E-state index in [-0.39, 0.29) is 5.91 Å². The summed E-state index contributed by atoms with van der Waals surface area (Å²) in [5.41, 5.74) is 6.52. The number of hydrogen-bond donors (Lipinski definition) is 3. The smallest absolute Gasteiger partial charge is 0.224 e. The normalized spacial score (nSPS) is 13.8. The van der Waals surface area contributed by atoms with Crippen molar-refractivity contribution in [3.05, 3.63) is 40.7 Å². The van der Waals surface area contributed by atoms with E-state index in [0.29, 0.717) is 6.42 Å². The fourth-order valence-corrected chi connectivity index (χ4v) is 2.52. The summed E-state index contributed by atoms with van der Waals surface area (Å²) >= 11 is 0. The number of rotatable bonds is 3. The zero-order valence-corrected chi connectivity index (χ0v) is 11.7.